The van der Waals surface area contributed by atoms with E-state index in [1.165, 1.54) is 7.11 Å². The Balaban J connectivity index is 2.36. The van der Waals surface area contributed by atoms with Crippen LogP contribution in [-0.4, -0.2) is 13.1 Å². The maximum Gasteiger partial charge on any atom is 0.374 e. The van der Waals surface area contributed by atoms with Gasteiger partial charge in [-0.2, -0.15) is 0 Å². The first-order chi connectivity index (χ1) is 10.0. The molecule has 2 aromatic rings. The molecule has 4 nitrogen and oxygen atoms in total. The van der Waals surface area contributed by atoms with Gasteiger partial charge in [0.2, 0.25) is 5.76 Å². The molecule has 21 heavy (non-hydrogen) atoms. The number of thioether (sulfide) groups is 1. The molecule has 1 unspecified atom stereocenters. The molecule has 1 aliphatic heterocycles. The summed E-state index contributed by atoms with van der Waals surface area (Å²) in [5, 5.41) is -0.0171. The molecule has 0 bridgehead atoms. The molecule has 0 spiro atoms. The predicted octanol–water partition coefficient (Wildman–Crippen LogP) is 3.57. The Bertz CT molecular complexity index is 791. The number of rotatable bonds is 1. The third-order valence-corrected chi connectivity index (χ3v) is 4.79. The zero-order valence-corrected chi connectivity index (χ0v) is 12.7. The number of esters is 1. The van der Waals surface area contributed by atoms with Crippen molar-refractivity contribution in [3.8, 4) is 11.3 Å². The van der Waals surface area contributed by atoms with Crippen molar-refractivity contribution in [2.75, 3.05) is 7.11 Å². The summed E-state index contributed by atoms with van der Waals surface area (Å²) in [5.74, 6) is -0.168. The number of carbonyl (C=O) groups excluding carboxylic acids is 1. The van der Waals surface area contributed by atoms with Crippen LogP contribution >= 0.6 is 11.8 Å². The summed E-state index contributed by atoms with van der Waals surface area (Å²) in [7, 11) is 1.27. The van der Waals surface area contributed by atoms with Crippen molar-refractivity contribution in [2.24, 2.45) is 0 Å². The Labute approximate surface area is 126 Å². The van der Waals surface area contributed by atoms with E-state index < -0.39 is 5.97 Å². The van der Waals surface area contributed by atoms with Gasteiger partial charge in [-0.25, -0.2) is 4.79 Å². The third kappa shape index (κ3) is 2.08. The molecule has 1 aliphatic rings. The van der Waals surface area contributed by atoms with Crippen molar-refractivity contribution >= 4 is 17.7 Å². The zero-order chi connectivity index (χ0) is 15.1. The van der Waals surface area contributed by atoms with E-state index in [0.717, 1.165) is 10.5 Å². The van der Waals surface area contributed by atoms with Crippen LogP contribution in [-0.2, 0) is 4.74 Å². The van der Waals surface area contributed by atoms with E-state index in [-0.39, 0.29) is 16.4 Å². The molecule has 0 amide bonds. The van der Waals surface area contributed by atoms with Crippen molar-refractivity contribution in [3.63, 3.8) is 0 Å². The molecular weight excluding hydrogens is 288 g/mol. The number of ether oxygens (including phenoxy) is 1. The number of benzene rings is 1. The SMILES string of the molecule is COC(=O)c1oc2c(c(=O)c1C)C(C)Sc1ccccc1-2. The molecule has 1 aromatic heterocycles. The lowest BCUT2D eigenvalue weighted by atomic mass is 10.0. The van der Waals surface area contributed by atoms with Crippen LogP contribution in [0.4, 0.5) is 0 Å². The fourth-order valence-electron chi connectivity index (χ4n) is 2.50. The van der Waals surface area contributed by atoms with Crippen LogP contribution in [0.1, 0.15) is 33.9 Å². The van der Waals surface area contributed by atoms with Gasteiger partial charge < -0.3 is 9.15 Å². The molecule has 0 aliphatic carbocycles. The van der Waals surface area contributed by atoms with E-state index >= 15 is 0 Å². The average molecular weight is 302 g/mol. The highest BCUT2D eigenvalue weighted by atomic mass is 32.2. The smallest absolute Gasteiger partial charge is 0.374 e. The van der Waals surface area contributed by atoms with E-state index in [4.69, 9.17) is 9.15 Å². The van der Waals surface area contributed by atoms with Gasteiger partial charge in [0.25, 0.3) is 0 Å². The Kier molecular flexibility index (Phi) is 3.37. The van der Waals surface area contributed by atoms with Crippen molar-refractivity contribution in [2.45, 2.75) is 24.0 Å². The number of hydrogen-bond donors (Lipinski definition) is 0. The topological polar surface area (TPSA) is 56.5 Å². The highest BCUT2D eigenvalue weighted by Crippen LogP contribution is 2.47. The summed E-state index contributed by atoms with van der Waals surface area (Å²) in [6.07, 6.45) is 0. The predicted molar refractivity (Wildman–Crippen MR) is 80.8 cm³/mol. The van der Waals surface area contributed by atoms with Gasteiger partial charge in [-0.05, 0) is 19.9 Å². The minimum absolute atomic E-state index is 0.0171. The maximum atomic E-state index is 12.6. The molecule has 1 atom stereocenters. The average Bonchev–Trinajstić information content (AvgIpc) is 2.49. The van der Waals surface area contributed by atoms with Gasteiger partial charge in [-0.1, -0.05) is 18.2 Å². The lowest BCUT2D eigenvalue weighted by Gasteiger charge is -2.23. The normalized spacial score (nSPS) is 16.0. The van der Waals surface area contributed by atoms with Crippen LogP contribution in [0.3, 0.4) is 0 Å². The summed E-state index contributed by atoms with van der Waals surface area (Å²) < 4.78 is 10.5. The molecule has 1 aromatic carbocycles. The van der Waals surface area contributed by atoms with Gasteiger partial charge in [-0.3, -0.25) is 4.79 Å². The van der Waals surface area contributed by atoms with Gasteiger partial charge in [0.05, 0.1) is 12.7 Å². The van der Waals surface area contributed by atoms with Crippen LogP contribution in [0.25, 0.3) is 11.3 Å². The molecule has 0 fully saturated rings. The van der Waals surface area contributed by atoms with Crippen LogP contribution in [0.15, 0.2) is 38.4 Å². The Hall–Kier alpha value is -2.01. The van der Waals surface area contributed by atoms with Gasteiger partial charge >= 0.3 is 5.97 Å². The lowest BCUT2D eigenvalue weighted by Crippen LogP contribution is -2.21. The minimum Gasteiger partial charge on any atom is -0.463 e. The Morgan fingerprint density at radius 2 is 2.05 bits per heavy atom. The summed E-state index contributed by atoms with van der Waals surface area (Å²) in [6, 6.07) is 7.71. The molecule has 0 N–H and O–H groups in total. The van der Waals surface area contributed by atoms with Gasteiger partial charge in [0.15, 0.2) is 5.43 Å². The lowest BCUT2D eigenvalue weighted by molar-refractivity contribution is 0.0561. The second kappa shape index (κ2) is 5.07. The first-order valence-corrected chi connectivity index (χ1v) is 7.44. The van der Waals surface area contributed by atoms with E-state index in [1.54, 1.807) is 18.7 Å². The van der Waals surface area contributed by atoms with Crippen LogP contribution < -0.4 is 5.43 Å². The van der Waals surface area contributed by atoms with E-state index in [9.17, 15) is 9.59 Å². The van der Waals surface area contributed by atoms with Gasteiger partial charge in [0, 0.05) is 21.3 Å². The van der Waals surface area contributed by atoms with Crippen LogP contribution in [0.5, 0.6) is 0 Å². The largest absolute Gasteiger partial charge is 0.463 e. The van der Waals surface area contributed by atoms with Crippen molar-refractivity contribution in [3.05, 3.63) is 51.4 Å². The number of carbonyl (C=O) groups is 1. The monoisotopic (exact) mass is 302 g/mol. The van der Waals surface area contributed by atoms with E-state index in [0.29, 0.717) is 16.9 Å². The summed E-state index contributed by atoms with van der Waals surface area (Å²) >= 11 is 1.62. The highest BCUT2D eigenvalue weighted by molar-refractivity contribution is 7.99. The molecule has 3 rings (SSSR count). The number of fused-ring (bicyclic) bond motifs is 3. The quantitative estimate of drug-likeness (QED) is 0.754. The standard InChI is InChI=1S/C16H14O4S/c1-8-13(17)12-9(2)21-11-7-5-4-6-10(11)15(12)20-14(8)16(18)19-3/h4-7,9H,1-3H3. The second-order valence-corrected chi connectivity index (χ2v) is 6.26. The fourth-order valence-corrected chi connectivity index (χ4v) is 3.66. The molecule has 0 saturated heterocycles. The highest BCUT2D eigenvalue weighted by Gasteiger charge is 2.30. The summed E-state index contributed by atoms with van der Waals surface area (Å²) in [6.45, 7) is 3.56. The van der Waals surface area contributed by atoms with Crippen LogP contribution in [0, 0.1) is 6.92 Å². The molecule has 2 heterocycles. The van der Waals surface area contributed by atoms with Crippen molar-refractivity contribution in [1.29, 1.82) is 0 Å². The van der Waals surface area contributed by atoms with Crippen LogP contribution in [0.2, 0.25) is 0 Å². The van der Waals surface area contributed by atoms with Crippen molar-refractivity contribution < 1.29 is 13.9 Å². The first-order valence-electron chi connectivity index (χ1n) is 6.56. The molecule has 0 saturated carbocycles. The Morgan fingerprint density at radius 3 is 2.76 bits per heavy atom. The number of hydrogen-bond acceptors (Lipinski definition) is 5. The van der Waals surface area contributed by atoms with Crippen molar-refractivity contribution in [1.82, 2.24) is 0 Å². The van der Waals surface area contributed by atoms with Gasteiger partial charge in [0.1, 0.15) is 5.76 Å². The molecule has 5 heteroatoms. The minimum atomic E-state index is -0.629. The molecule has 108 valence electrons. The Morgan fingerprint density at radius 1 is 1.33 bits per heavy atom. The third-order valence-electron chi connectivity index (χ3n) is 3.59. The molecular formula is C16H14O4S. The molecule has 0 radical (unpaired) electrons. The number of methoxy groups -OCH3 is 1. The first kappa shape index (κ1) is 13.9. The summed E-state index contributed by atoms with van der Waals surface area (Å²) in [5.41, 5.74) is 1.61. The maximum absolute atomic E-state index is 12.6. The zero-order valence-electron chi connectivity index (χ0n) is 11.9. The van der Waals surface area contributed by atoms with E-state index in [1.807, 2.05) is 31.2 Å². The van der Waals surface area contributed by atoms with Gasteiger partial charge in [-0.15, -0.1) is 11.8 Å². The summed E-state index contributed by atoms with van der Waals surface area (Å²) in [4.78, 5) is 25.4. The second-order valence-electron chi connectivity index (χ2n) is 4.88. The van der Waals surface area contributed by atoms with E-state index in [2.05, 4.69) is 0 Å². The fraction of sp³-hybridized carbons (Fsp3) is 0.250.